The maximum absolute atomic E-state index is 11.3. The third kappa shape index (κ3) is 3.54. The third-order valence-corrected chi connectivity index (χ3v) is 3.84. The van der Waals surface area contributed by atoms with E-state index in [2.05, 4.69) is 4.72 Å². The van der Waals surface area contributed by atoms with E-state index >= 15 is 0 Å². The molecule has 0 amide bonds. The van der Waals surface area contributed by atoms with Crippen LogP contribution in [-0.2, 0) is 10.0 Å². The molecule has 1 N–H and O–H groups in total. The summed E-state index contributed by atoms with van der Waals surface area (Å²) in [5.41, 5.74) is 0. The topological polar surface area (TPSA) is 46.2 Å². The van der Waals surface area contributed by atoms with E-state index in [1.807, 2.05) is 13.8 Å². The van der Waals surface area contributed by atoms with Gasteiger partial charge in [0.05, 0.1) is 5.25 Å². The lowest BCUT2D eigenvalue weighted by atomic mass is 10.2. The van der Waals surface area contributed by atoms with Gasteiger partial charge in [0.15, 0.2) is 0 Å². The Bertz CT molecular complexity index is 205. The molecule has 0 fully saturated rings. The molecule has 0 aliphatic carbocycles. The predicted octanol–water partition coefficient (Wildman–Crippen LogP) is 1.50. The molecule has 0 saturated heterocycles. The summed E-state index contributed by atoms with van der Waals surface area (Å²) in [7, 11) is -3.07. The second kappa shape index (κ2) is 4.82. The average molecular weight is 193 g/mol. The fourth-order valence-electron chi connectivity index (χ4n) is 0.824. The number of hydrogen-bond acceptors (Lipinski definition) is 2. The standard InChI is InChI=1S/C8H19NO2S/c1-5-8(6-2)9-12(10,11)7(3)4/h7-9H,5-6H2,1-4H3. The van der Waals surface area contributed by atoms with E-state index in [9.17, 15) is 8.42 Å². The van der Waals surface area contributed by atoms with Crippen LogP contribution in [0.2, 0.25) is 0 Å². The van der Waals surface area contributed by atoms with Crippen LogP contribution >= 0.6 is 0 Å². The van der Waals surface area contributed by atoms with E-state index in [0.717, 1.165) is 12.8 Å². The van der Waals surface area contributed by atoms with Gasteiger partial charge in [-0.05, 0) is 26.7 Å². The molecule has 0 saturated carbocycles. The van der Waals surface area contributed by atoms with Crippen molar-refractivity contribution in [2.75, 3.05) is 0 Å². The molecular weight excluding hydrogens is 174 g/mol. The van der Waals surface area contributed by atoms with Gasteiger partial charge in [-0.3, -0.25) is 0 Å². The molecule has 0 rings (SSSR count). The van der Waals surface area contributed by atoms with Gasteiger partial charge in [-0.15, -0.1) is 0 Å². The molecular formula is C8H19NO2S. The Hall–Kier alpha value is -0.0900. The van der Waals surface area contributed by atoms with Gasteiger partial charge in [-0.1, -0.05) is 13.8 Å². The summed E-state index contributed by atoms with van der Waals surface area (Å²) in [6, 6.07) is 0.0948. The van der Waals surface area contributed by atoms with E-state index in [0.29, 0.717) is 0 Å². The summed E-state index contributed by atoms with van der Waals surface area (Å²) < 4.78 is 25.4. The third-order valence-electron chi connectivity index (χ3n) is 1.94. The van der Waals surface area contributed by atoms with Crippen LogP contribution in [0.3, 0.4) is 0 Å². The summed E-state index contributed by atoms with van der Waals surface area (Å²) in [5, 5.41) is -0.335. The minimum atomic E-state index is -3.07. The Kier molecular flexibility index (Phi) is 4.78. The number of nitrogens with one attached hydrogen (secondary N) is 1. The number of rotatable bonds is 5. The van der Waals surface area contributed by atoms with Gasteiger partial charge in [0.1, 0.15) is 0 Å². The van der Waals surface area contributed by atoms with Crippen LogP contribution in [0.5, 0.6) is 0 Å². The Balaban J connectivity index is 4.23. The molecule has 0 aromatic carbocycles. The molecule has 0 aromatic rings. The fraction of sp³-hybridized carbons (Fsp3) is 1.00. The van der Waals surface area contributed by atoms with E-state index in [-0.39, 0.29) is 11.3 Å². The molecule has 0 aromatic heterocycles. The van der Waals surface area contributed by atoms with Gasteiger partial charge in [0.2, 0.25) is 10.0 Å². The maximum atomic E-state index is 11.3. The van der Waals surface area contributed by atoms with Gasteiger partial charge in [0, 0.05) is 6.04 Å². The summed E-state index contributed by atoms with van der Waals surface area (Å²) in [5.74, 6) is 0. The van der Waals surface area contributed by atoms with Crippen molar-refractivity contribution < 1.29 is 8.42 Å². The monoisotopic (exact) mass is 193 g/mol. The second-order valence-corrected chi connectivity index (χ2v) is 5.49. The van der Waals surface area contributed by atoms with Crippen LogP contribution in [0, 0.1) is 0 Å². The van der Waals surface area contributed by atoms with Gasteiger partial charge >= 0.3 is 0 Å². The Morgan fingerprint density at radius 3 is 1.83 bits per heavy atom. The average Bonchev–Trinajstić information content (AvgIpc) is 2.00. The largest absolute Gasteiger partial charge is 0.214 e. The smallest absolute Gasteiger partial charge is 0.212 e. The highest BCUT2D eigenvalue weighted by molar-refractivity contribution is 7.90. The van der Waals surface area contributed by atoms with Crippen LogP contribution in [0.25, 0.3) is 0 Å². The van der Waals surface area contributed by atoms with E-state index in [4.69, 9.17) is 0 Å². The molecule has 4 heteroatoms. The predicted molar refractivity (Wildman–Crippen MR) is 51.6 cm³/mol. The SMILES string of the molecule is CCC(CC)NS(=O)(=O)C(C)C. The first-order valence-corrected chi connectivity index (χ1v) is 5.99. The molecule has 3 nitrogen and oxygen atoms in total. The Labute approximate surface area is 75.6 Å². The molecule has 12 heavy (non-hydrogen) atoms. The molecule has 0 aliphatic heterocycles. The number of hydrogen-bond donors (Lipinski definition) is 1. The lowest BCUT2D eigenvalue weighted by molar-refractivity contribution is 0.524. The minimum Gasteiger partial charge on any atom is -0.212 e. The van der Waals surface area contributed by atoms with Gasteiger partial charge in [0.25, 0.3) is 0 Å². The summed E-state index contributed by atoms with van der Waals surface area (Å²) in [6.07, 6.45) is 1.70. The Morgan fingerprint density at radius 2 is 1.58 bits per heavy atom. The van der Waals surface area contributed by atoms with Crippen molar-refractivity contribution in [3.05, 3.63) is 0 Å². The highest BCUT2D eigenvalue weighted by atomic mass is 32.2. The molecule has 0 aliphatic rings. The first-order valence-electron chi connectivity index (χ1n) is 4.45. The lowest BCUT2D eigenvalue weighted by Crippen LogP contribution is -2.38. The van der Waals surface area contributed by atoms with Crippen molar-refractivity contribution in [3.8, 4) is 0 Å². The number of sulfonamides is 1. The van der Waals surface area contributed by atoms with Crippen molar-refractivity contribution in [1.29, 1.82) is 0 Å². The fourth-order valence-corrected chi connectivity index (χ4v) is 1.89. The van der Waals surface area contributed by atoms with Crippen LogP contribution in [-0.4, -0.2) is 19.7 Å². The molecule has 74 valence electrons. The van der Waals surface area contributed by atoms with Gasteiger partial charge in [-0.2, -0.15) is 0 Å². The van der Waals surface area contributed by atoms with Crippen molar-refractivity contribution in [2.45, 2.75) is 51.8 Å². The van der Waals surface area contributed by atoms with Crippen LogP contribution in [0.15, 0.2) is 0 Å². The summed E-state index contributed by atoms with van der Waals surface area (Å²) >= 11 is 0. The van der Waals surface area contributed by atoms with Crippen LogP contribution in [0.1, 0.15) is 40.5 Å². The zero-order valence-corrected chi connectivity index (χ0v) is 9.11. The molecule has 0 unspecified atom stereocenters. The molecule has 0 radical (unpaired) electrons. The highest BCUT2D eigenvalue weighted by Crippen LogP contribution is 2.03. The molecule has 0 heterocycles. The van der Waals surface area contributed by atoms with Crippen molar-refractivity contribution in [2.24, 2.45) is 0 Å². The van der Waals surface area contributed by atoms with E-state index in [1.165, 1.54) is 0 Å². The van der Waals surface area contributed by atoms with Gasteiger partial charge < -0.3 is 0 Å². The molecule has 0 spiro atoms. The van der Waals surface area contributed by atoms with E-state index in [1.54, 1.807) is 13.8 Å². The maximum Gasteiger partial charge on any atom is 0.214 e. The van der Waals surface area contributed by atoms with Crippen LogP contribution in [0.4, 0.5) is 0 Å². The van der Waals surface area contributed by atoms with Crippen LogP contribution < -0.4 is 4.72 Å². The second-order valence-electron chi connectivity index (χ2n) is 3.23. The molecule has 0 bridgehead atoms. The van der Waals surface area contributed by atoms with Crippen molar-refractivity contribution >= 4 is 10.0 Å². The summed E-state index contributed by atoms with van der Waals surface area (Å²) in [4.78, 5) is 0. The quantitative estimate of drug-likeness (QED) is 0.719. The highest BCUT2D eigenvalue weighted by Gasteiger charge is 2.18. The van der Waals surface area contributed by atoms with E-state index < -0.39 is 10.0 Å². The summed E-state index contributed by atoms with van der Waals surface area (Å²) in [6.45, 7) is 7.34. The first kappa shape index (κ1) is 11.9. The van der Waals surface area contributed by atoms with Crippen molar-refractivity contribution in [3.63, 3.8) is 0 Å². The zero-order valence-electron chi connectivity index (χ0n) is 8.29. The van der Waals surface area contributed by atoms with Gasteiger partial charge in [-0.25, -0.2) is 13.1 Å². The Morgan fingerprint density at radius 1 is 1.17 bits per heavy atom. The first-order chi connectivity index (χ1) is 5.44. The minimum absolute atomic E-state index is 0.0948. The zero-order chi connectivity index (χ0) is 9.78. The molecule has 0 atom stereocenters. The lowest BCUT2D eigenvalue weighted by Gasteiger charge is -2.16. The normalized spacial score (nSPS) is 12.8. The van der Waals surface area contributed by atoms with Crippen molar-refractivity contribution in [1.82, 2.24) is 4.72 Å².